The second-order valence-electron chi connectivity index (χ2n) is 3.67. The molecule has 1 amide bonds. The first-order valence-corrected chi connectivity index (χ1v) is 5.24. The summed E-state index contributed by atoms with van der Waals surface area (Å²) in [7, 11) is 0. The Labute approximate surface area is 102 Å². The molecule has 2 heterocycles. The van der Waals surface area contributed by atoms with E-state index in [1.54, 1.807) is 19.1 Å². The van der Waals surface area contributed by atoms with E-state index in [-0.39, 0.29) is 5.56 Å². The molecule has 1 unspecified atom stereocenters. The summed E-state index contributed by atoms with van der Waals surface area (Å²) in [5.74, 6) is -2.76. The van der Waals surface area contributed by atoms with Gasteiger partial charge in [-0.05, 0) is 25.1 Å². The number of carbonyl (C=O) groups excluding carboxylic acids is 1. The van der Waals surface area contributed by atoms with Crippen LogP contribution in [0.1, 0.15) is 29.1 Å². The molecule has 0 fully saturated rings. The van der Waals surface area contributed by atoms with Crippen LogP contribution >= 0.6 is 0 Å². The number of hydrogen-bond donors (Lipinski definition) is 1. The summed E-state index contributed by atoms with van der Waals surface area (Å²) in [6, 6.07) is 4.02. The average Bonchev–Trinajstić information content (AvgIpc) is 2.86. The third kappa shape index (κ3) is 2.37. The van der Waals surface area contributed by atoms with Gasteiger partial charge >= 0.3 is 0 Å². The third-order valence-corrected chi connectivity index (χ3v) is 2.41. The van der Waals surface area contributed by atoms with E-state index >= 15 is 0 Å². The van der Waals surface area contributed by atoms with Gasteiger partial charge in [0.25, 0.3) is 5.91 Å². The molecule has 4 nitrogen and oxygen atoms in total. The molecular weight excluding hydrogens is 242 g/mol. The summed E-state index contributed by atoms with van der Waals surface area (Å²) < 4.78 is 31.3. The van der Waals surface area contributed by atoms with Crippen molar-refractivity contribution >= 4 is 5.91 Å². The molecule has 2 aromatic heterocycles. The van der Waals surface area contributed by atoms with Crippen molar-refractivity contribution < 1.29 is 18.0 Å². The molecular formula is C12H10F2N2O2. The zero-order valence-corrected chi connectivity index (χ0v) is 9.48. The van der Waals surface area contributed by atoms with Crippen LogP contribution in [-0.2, 0) is 0 Å². The van der Waals surface area contributed by atoms with Crippen LogP contribution in [0.3, 0.4) is 0 Å². The van der Waals surface area contributed by atoms with E-state index in [0.29, 0.717) is 5.76 Å². The van der Waals surface area contributed by atoms with Crippen molar-refractivity contribution in [2.75, 3.05) is 0 Å². The number of halogens is 2. The van der Waals surface area contributed by atoms with Crippen LogP contribution in [0, 0.1) is 11.8 Å². The van der Waals surface area contributed by atoms with E-state index in [0.717, 1.165) is 12.3 Å². The van der Waals surface area contributed by atoms with Crippen LogP contribution < -0.4 is 5.32 Å². The standard InChI is InChI=1S/C12H10F2N2O2/c1-7(9-3-2-6-18-9)16-12(17)8-4-5-15-11(14)10(8)13/h2-7H,1H3,(H,16,17). The minimum atomic E-state index is -1.30. The Morgan fingerprint density at radius 3 is 2.89 bits per heavy atom. The molecule has 94 valence electrons. The number of aromatic nitrogens is 1. The maximum absolute atomic E-state index is 13.3. The van der Waals surface area contributed by atoms with Crippen LogP contribution in [0.15, 0.2) is 35.1 Å². The SMILES string of the molecule is CC(NC(=O)c1ccnc(F)c1F)c1ccco1. The third-order valence-electron chi connectivity index (χ3n) is 2.41. The fourth-order valence-electron chi connectivity index (χ4n) is 1.48. The minimum absolute atomic E-state index is 0.388. The quantitative estimate of drug-likeness (QED) is 0.853. The van der Waals surface area contributed by atoms with Crippen LogP contribution in [0.5, 0.6) is 0 Å². The summed E-state index contributed by atoms with van der Waals surface area (Å²) in [6.45, 7) is 1.67. The highest BCUT2D eigenvalue weighted by Crippen LogP contribution is 2.14. The Morgan fingerprint density at radius 1 is 1.44 bits per heavy atom. The lowest BCUT2D eigenvalue weighted by Gasteiger charge is -2.11. The Kier molecular flexibility index (Phi) is 3.36. The fraction of sp³-hybridized carbons (Fsp3) is 0.167. The van der Waals surface area contributed by atoms with Gasteiger partial charge in [-0.3, -0.25) is 4.79 Å². The van der Waals surface area contributed by atoms with E-state index in [9.17, 15) is 13.6 Å². The molecule has 1 atom stereocenters. The van der Waals surface area contributed by atoms with E-state index in [2.05, 4.69) is 10.3 Å². The molecule has 2 aromatic rings. The van der Waals surface area contributed by atoms with Gasteiger partial charge in [-0.25, -0.2) is 9.37 Å². The Hall–Kier alpha value is -2.24. The lowest BCUT2D eigenvalue weighted by atomic mass is 10.2. The average molecular weight is 252 g/mol. The monoisotopic (exact) mass is 252 g/mol. The predicted octanol–water partition coefficient (Wildman–Crippen LogP) is 2.44. The molecule has 0 bridgehead atoms. The Bertz CT molecular complexity index is 555. The summed E-state index contributed by atoms with van der Waals surface area (Å²) in [4.78, 5) is 14.8. The maximum atomic E-state index is 13.3. The number of nitrogens with zero attached hydrogens (tertiary/aromatic N) is 1. The van der Waals surface area contributed by atoms with Crippen molar-refractivity contribution in [2.24, 2.45) is 0 Å². The second-order valence-corrected chi connectivity index (χ2v) is 3.67. The van der Waals surface area contributed by atoms with Gasteiger partial charge in [0.05, 0.1) is 17.9 Å². The minimum Gasteiger partial charge on any atom is -0.467 e. The van der Waals surface area contributed by atoms with E-state index in [1.165, 1.54) is 6.26 Å². The van der Waals surface area contributed by atoms with Crippen molar-refractivity contribution in [3.05, 3.63) is 53.7 Å². The smallest absolute Gasteiger partial charge is 0.255 e. The summed E-state index contributed by atoms with van der Waals surface area (Å²) >= 11 is 0. The van der Waals surface area contributed by atoms with Crippen LogP contribution in [-0.4, -0.2) is 10.9 Å². The molecule has 1 N–H and O–H groups in total. The highest BCUT2D eigenvalue weighted by molar-refractivity contribution is 5.94. The molecule has 0 spiro atoms. The molecule has 0 aliphatic rings. The van der Waals surface area contributed by atoms with Gasteiger partial charge in [-0.2, -0.15) is 4.39 Å². The lowest BCUT2D eigenvalue weighted by Crippen LogP contribution is -2.27. The largest absolute Gasteiger partial charge is 0.467 e. The van der Waals surface area contributed by atoms with E-state index < -0.39 is 23.7 Å². The van der Waals surface area contributed by atoms with Gasteiger partial charge in [-0.1, -0.05) is 0 Å². The van der Waals surface area contributed by atoms with Gasteiger partial charge in [0, 0.05) is 6.20 Å². The number of hydrogen-bond acceptors (Lipinski definition) is 3. The van der Waals surface area contributed by atoms with Gasteiger partial charge in [0.2, 0.25) is 5.95 Å². The number of furan rings is 1. The van der Waals surface area contributed by atoms with Crippen molar-refractivity contribution in [1.29, 1.82) is 0 Å². The van der Waals surface area contributed by atoms with Gasteiger partial charge in [-0.15, -0.1) is 0 Å². The topological polar surface area (TPSA) is 55.1 Å². The first kappa shape index (κ1) is 12.2. The van der Waals surface area contributed by atoms with Crippen molar-refractivity contribution in [2.45, 2.75) is 13.0 Å². The Morgan fingerprint density at radius 2 is 2.22 bits per heavy atom. The number of nitrogens with one attached hydrogen (secondary N) is 1. The second kappa shape index (κ2) is 4.95. The van der Waals surface area contributed by atoms with Gasteiger partial charge in [0.1, 0.15) is 5.76 Å². The van der Waals surface area contributed by atoms with Crippen LogP contribution in [0.4, 0.5) is 8.78 Å². The number of rotatable bonds is 3. The first-order chi connectivity index (χ1) is 8.59. The fourth-order valence-corrected chi connectivity index (χ4v) is 1.48. The van der Waals surface area contributed by atoms with E-state index in [1.807, 2.05) is 0 Å². The molecule has 2 rings (SSSR count). The summed E-state index contributed by atoms with van der Waals surface area (Å²) in [5.41, 5.74) is -0.388. The maximum Gasteiger partial charge on any atom is 0.255 e. The zero-order valence-electron chi connectivity index (χ0n) is 9.48. The van der Waals surface area contributed by atoms with Gasteiger partial charge in [0.15, 0.2) is 5.82 Å². The highest BCUT2D eigenvalue weighted by Gasteiger charge is 2.19. The van der Waals surface area contributed by atoms with Crippen molar-refractivity contribution in [1.82, 2.24) is 10.3 Å². The number of carbonyl (C=O) groups is 1. The number of amides is 1. The highest BCUT2D eigenvalue weighted by atomic mass is 19.2. The lowest BCUT2D eigenvalue weighted by molar-refractivity contribution is 0.0930. The van der Waals surface area contributed by atoms with Crippen molar-refractivity contribution in [3.63, 3.8) is 0 Å². The molecule has 6 heteroatoms. The molecule has 0 aromatic carbocycles. The normalized spacial score (nSPS) is 12.2. The molecule has 0 radical (unpaired) electrons. The molecule has 0 aliphatic carbocycles. The number of pyridine rings is 1. The van der Waals surface area contributed by atoms with Crippen LogP contribution in [0.25, 0.3) is 0 Å². The molecule has 0 saturated heterocycles. The molecule has 18 heavy (non-hydrogen) atoms. The van der Waals surface area contributed by atoms with Crippen LogP contribution in [0.2, 0.25) is 0 Å². The first-order valence-electron chi connectivity index (χ1n) is 5.24. The zero-order chi connectivity index (χ0) is 13.1. The molecule has 0 saturated carbocycles. The van der Waals surface area contributed by atoms with Crippen molar-refractivity contribution in [3.8, 4) is 0 Å². The molecule has 0 aliphatic heterocycles. The van der Waals surface area contributed by atoms with E-state index in [4.69, 9.17) is 4.42 Å². The summed E-state index contributed by atoms with van der Waals surface area (Å²) in [6.07, 6.45) is 2.50. The Balaban J connectivity index is 2.15. The predicted molar refractivity (Wildman–Crippen MR) is 58.7 cm³/mol. The van der Waals surface area contributed by atoms with Gasteiger partial charge < -0.3 is 9.73 Å². The summed E-state index contributed by atoms with van der Waals surface area (Å²) in [5, 5.41) is 2.50.